The Morgan fingerprint density at radius 1 is 1.03 bits per heavy atom. The van der Waals surface area contributed by atoms with Gasteiger partial charge in [-0.1, -0.05) is 62.9 Å². The molecule has 0 saturated carbocycles. The van der Waals surface area contributed by atoms with E-state index in [2.05, 4.69) is 49.2 Å². The van der Waals surface area contributed by atoms with Gasteiger partial charge in [0.05, 0.1) is 13.7 Å². The maximum Gasteiger partial charge on any atom is 0.306 e. The molecule has 0 radical (unpaired) electrons. The van der Waals surface area contributed by atoms with Crippen molar-refractivity contribution < 1.29 is 19.0 Å². The summed E-state index contributed by atoms with van der Waals surface area (Å²) in [5.74, 6) is 1.81. The van der Waals surface area contributed by atoms with Gasteiger partial charge in [-0.05, 0) is 62.1 Å². The monoisotopic (exact) mass is 517 g/mol. The van der Waals surface area contributed by atoms with E-state index in [-0.39, 0.29) is 24.5 Å². The molecule has 36 heavy (non-hydrogen) atoms. The normalized spacial score (nSPS) is 17.4. The van der Waals surface area contributed by atoms with Crippen molar-refractivity contribution in [3.05, 3.63) is 59.7 Å². The lowest BCUT2D eigenvalue weighted by atomic mass is 10.0. The van der Waals surface area contributed by atoms with Crippen LogP contribution in [0.5, 0.6) is 11.5 Å². The minimum Gasteiger partial charge on any atom is -0.497 e. The molecular weight excluding hydrogens is 474 g/mol. The molecule has 3 rings (SSSR count). The summed E-state index contributed by atoms with van der Waals surface area (Å²) in [4.78, 5) is 14.5. The molecule has 0 aliphatic carbocycles. The summed E-state index contributed by atoms with van der Waals surface area (Å²) < 4.78 is 17.3. The summed E-state index contributed by atoms with van der Waals surface area (Å²) in [6.45, 7) is 3.67. The van der Waals surface area contributed by atoms with E-state index < -0.39 is 0 Å². The van der Waals surface area contributed by atoms with Gasteiger partial charge in [-0.3, -0.25) is 9.69 Å². The van der Waals surface area contributed by atoms with Gasteiger partial charge in [0.15, 0.2) is 0 Å². The first kappa shape index (κ1) is 30.0. The molecule has 5 nitrogen and oxygen atoms in total. The van der Waals surface area contributed by atoms with Crippen molar-refractivity contribution in [2.45, 2.75) is 83.3 Å². The lowest BCUT2D eigenvalue weighted by molar-refractivity contribution is -0.148. The zero-order valence-electron chi connectivity index (χ0n) is 22.2. The number of hydrogen-bond acceptors (Lipinski definition) is 5. The number of methoxy groups -OCH3 is 1. The maximum absolute atomic E-state index is 12.2. The van der Waals surface area contributed by atoms with Gasteiger partial charge in [-0.15, -0.1) is 12.4 Å². The van der Waals surface area contributed by atoms with Crippen molar-refractivity contribution in [3.63, 3.8) is 0 Å². The van der Waals surface area contributed by atoms with E-state index >= 15 is 0 Å². The number of hydrogen-bond donors (Lipinski definition) is 0. The highest BCUT2D eigenvalue weighted by Crippen LogP contribution is 2.25. The number of halogens is 1. The summed E-state index contributed by atoms with van der Waals surface area (Å²) in [5.41, 5.74) is 2.48. The van der Waals surface area contributed by atoms with Crippen molar-refractivity contribution in [3.8, 4) is 11.5 Å². The Labute approximate surface area is 223 Å². The van der Waals surface area contributed by atoms with E-state index in [1.807, 2.05) is 18.2 Å². The fourth-order valence-electron chi connectivity index (χ4n) is 4.83. The van der Waals surface area contributed by atoms with Crippen LogP contribution in [0, 0.1) is 0 Å². The number of rotatable bonds is 15. The summed E-state index contributed by atoms with van der Waals surface area (Å²) in [5, 5.41) is 0. The smallest absolute Gasteiger partial charge is 0.306 e. The van der Waals surface area contributed by atoms with E-state index in [0.717, 1.165) is 56.6 Å². The number of nitrogens with zero attached hydrogens (tertiary/aromatic N) is 1. The predicted octanol–water partition coefficient (Wildman–Crippen LogP) is 6.65. The Kier molecular flexibility index (Phi) is 13.7. The molecule has 1 aliphatic rings. The van der Waals surface area contributed by atoms with Gasteiger partial charge in [0, 0.05) is 25.4 Å². The first-order valence-electron chi connectivity index (χ1n) is 13.3. The zero-order valence-corrected chi connectivity index (χ0v) is 23.1. The highest BCUT2D eigenvalue weighted by molar-refractivity contribution is 5.85. The molecule has 0 spiro atoms. The number of ether oxygens (including phenoxy) is 3. The molecule has 1 fully saturated rings. The third kappa shape index (κ3) is 10.0. The quantitative estimate of drug-likeness (QED) is 0.195. The maximum atomic E-state index is 12.2. The zero-order chi connectivity index (χ0) is 24.9. The third-order valence-electron chi connectivity index (χ3n) is 6.93. The first-order chi connectivity index (χ1) is 17.1. The van der Waals surface area contributed by atoms with Crippen LogP contribution in [0.4, 0.5) is 0 Å². The first-order valence-corrected chi connectivity index (χ1v) is 13.3. The van der Waals surface area contributed by atoms with Crippen molar-refractivity contribution in [1.82, 2.24) is 4.90 Å². The molecule has 1 aliphatic heterocycles. The molecule has 1 heterocycles. The van der Waals surface area contributed by atoms with E-state index in [1.54, 1.807) is 7.11 Å². The Balaban J connectivity index is 0.00000456. The number of likely N-dealkylation sites (tertiary alicyclic amines) is 1. The van der Waals surface area contributed by atoms with E-state index in [9.17, 15) is 4.79 Å². The van der Waals surface area contributed by atoms with Gasteiger partial charge >= 0.3 is 5.97 Å². The predicted molar refractivity (Wildman–Crippen MR) is 148 cm³/mol. The van der Waals surface area contributed by atoms with Crippen molar-refractivity contribution in [2.75, 3.05) is 27.3 Å². The number of esters is 1. The largest absolute Gasteiger partial charge is 0.497 e. The lowest BCUT2D eigenvalue weighted by Crippen LogP contribution is -2.27. The molecule has 0 bridgehead atoms. The molecule has 1 saturated heterocycles. The number of aryl methyl sites for hydroxylation is 2. The van der Waals surface area contributed by atoms with Crippen LogP contribution in [-0.4, -0.2) is 50.3 Å². The molecule has 2 atom stereocenters. The highest BCUT2D eigenvalue weighted by atomic mass is 35.5. The van der Waals surface area contributed by atoms with Gasteiger partial charge in [0.2, 0.25) is 0 Å². The number of para-hydroxylation sites is 1. The van der Waals surface area contributed by atoms with Crippen LogP contribution >= 0.6 is 12.4 Å². The van der Waals surface area contributed by atoms with Crippen LogP contribution in [0.25, 0.3) is 0 Å². The van der Waals surface area contributed by atoms with Crippen LogP contribution in [0.1, 0.15) is 69.4 Å². The number of likely N-dealkylation sites (N-methyl/N-ethyl adjacent to an activating group) is 1. The number of benzene rings is 2. The van der Waals surface area contributed by atoms with Gasteiger partial charge in [-0.2, -0.15) is 0 Å². The van der Waals surface area contributed by atoms with Crippen molar-refractivity contribution >= 4 is 18.4 Å². The minimum absolute atomic E-state index is 0. The van der Waals surface area contributed by atoms with Crippen molar-refractivity contribution in [1.29, 1.82) is 0 Å². The van der Waals surface area contributed by atoms with E-state index in [4.69, 9.17) is 14.2 Å². The Hall–Kier alpha value is -2.24. The van der Waals surface area contributed by atoms with Crippen LogP contribution in [0.3, 0.4) is 0 Å². The van der Waals surface area contributed by atoms with Gasteiger partial charge in [-0.25, -0.2) is 0 Å². The van der Waals surface area contributed by atoms with Crippen LogP contribution in [-0.2, 0) is 22.4 Å². The second kappa shape index (κ2) is 16.5. The minimum atomic E-state index is -0.0400. The molecule has 0 unspecified atom stereocenters. The van der Waals surface area contributed by atoms with Crippen LogP contribution < -0.4 is 9.47 Å². The summed E-state index contributed by atoms with van der Waals surface area (Å²) >= 11 is 0. The van der Waals surface area contributed by atoms with Gasteiger partial charge in [0.1, 0.15) is 17.6 Å². The SMILES string of the molecule is CCCCCCCC(=O)O[C@@H]1C[C@@H](CCOc2ccccc2CCc2cccc(OC)c2)N(C)C1.Cl. The van der Waals surface area contributed by atoms with Crippen LogP contribution in [0.2, 0.25) is 0 Å². The van der Waals surface area contributed by atoms with E-state index in [0.29, 0.717) is 19.1 Å². The molecular formula is C30H44ClNO4. The van der Waals surface area contributed by atoms with Gasteiger partial charge in [0.25, 0.3) is 0 Å². The Bertz CT molecular complexity index is 906. The molecule has 0 amide bonds. The van der Waals surface area contributed by atoms with Crippen LogP contribution in [0.15, 0.2) is 48.5 Å². The summed E-state index contributed by atoms with van der Waals surface area (Å²) in [6.07, 6.45) is 9.96. The number of unbranched alkanes of at least 4 members (excludes halogenated alkanes) is 4. The number of carbonyl (C=O) groups excluding carboxylic acids is 1. The Morgan fingerprint density at radius 3 is 2.64 bits per heavy atom. The molecule has 6 heteroatoms. The topological polar surface area (TPSA) is 48.0 Å². The fourth-order valence-corrected chi connectivity index (χ4v) is 4.83. The second-order valence-corrected chi connectivity index (χ2v) is 9.70. The molecule has 2 aromatic rings. The second-order valence-electron chi connectivity index (χ2n) is 9.70. The molecule has 2 aromatic carbocycles. The third-order valence-corrected chi connectivity index (χ3v) is 6.93. The fraction of sp³-hybridized carbons (Fsp3) is 0.567. The highest BCUT2D eigenvalue weighted by Gasteiger charge is 2.31. The average Bonchev–Trinajstić information content (AvgIpc) is 3.21. The van der Waals surface area contributed by atoms with Crippen molar-refractivity contribution in [2.24, 2.45) is 0 Å². The molecule has 0 aromatic heterocycles. The lowest BCUT2D eigenvalue weighted by Gasteiger charge is -2.19. The van der Waals surface area contributed by atoms with Gasteiger partial charge < -0.3 is 14.2 Å². The average molecular weight is 518 g/mol. The summed E-state index contributed by atoms with van der Waals surface area (Å²) in [6, 6.07) is 16.9. The summed E-state index contributed by atoms with van der Waals surface area (Å²) in [7, 11) is 3.82. The standard InChI is InChI=1S/C30H43NO4.ClH/c1-4-5-6-7-8-16-30(32)35-28-22-26(31(2)23-28)19-20-34-29-15-10-9-13-25(29)18-17-24-12-11-14-27(21-24)33-3;/h9-15,21,26,28H,4-8,16-20,22-23H2,1-3H3;1H/t26-,28-;/m1./s1. The molecule has 0 N–H and O–H groups in total. The number of carbonyl (C=O) groups is 1. The Morgan fingerprint density at radius 2 is 1.83 bits per heavy atom. The molecule has 200 valence electrons. The van der Waals surface area contributed by atoms with E-state index in [1.165, 1.54) is 30.4 Å².